The number of rotatable bonds is 7. The van der Waals surface area contributed by atoms with Gasteiger partial charge in [-0.05, 0) is 32.6 Å². The van der Waals surface area contributed by atoms with Crippen molar-refractivity contribution in [3.63, 3.8) is 0 Å². The van der Waals surface area contributed by atoms with E-state index in [-0.39, 0.29) is 23.6 Å². The summed E-state index contributed by atoms with van der Waals surface area (Å²) in [7, 11) is 0. The molecule has 6 heteroatoms. The molecule has 0 radical (unpaired) electrons. The van der Waals surface area contributed by atoms with Gasteiger partial charge in [-0.3, -0.25) is 4.79 Å². The zero-order valence-electron chi connectivity index (χ0n) is 12.7. The Morgan fingerprint density at radius 1 is 1.43 bits per heavy atom. The van der Waals surface area contributed by atoms with E-state index in [9.17, 15) is 9.59 Å². The fourth-order valence-corrected chi connectivity index (χ4v) is 2.55. The van der Waals surface area contributed by atoms with Crippen molar-refractivity contribution in [2.45, 2.75) is 64.5 Å². The second kappa shape index (κ2) is 6.28. The largest absolute Gasteiger partial charge is 0.480 e. The number of carboxylic acid groups (broad SMARTS) is 1. The molecule has 116 valence electrons. The van der Waals surface area contributed by atoms with Crippen LogP contribution in [0.3, 0.4) is 0 Å². The lowest BCUT2D eigenvalue weighted by molar-refractivity contribution is -0.141. The summed E-state index contributed by atoms with van der Waals surface area (Å²) >= 11 is 0. The highest BCUT2D eigenvalue weighted by atomic mass is 16.5. The van der Waals surface area contributed by atoms with Gasteiger partial charge in [0, 0.05) is 18.0 Å². The van der Waals surface area contributed by atoms with Crippen LogP contribution in [0.15, 0.2) is 10.6 Å². The Bertz CT molecular complexity index is 517. The zero-order valence-corrected chi connectivity index (χ0v) is 12.7. The molecule has 1 saturated carbocycles. The van der Waals surface area contributed by atoms with Crippen molar-refractivity contribution < 1.29 is 19.2 Å². The van der Waals surface area contributed by atoms with Crippen LogP contribution in [0.1, 0.15) is 68.6 Å². The monoisotopic (exact) mass is 294 g/mol. The first-order valence-electron chi connectivity index (χ1n) is 7.51. The number of nitrogens with zero attached hydrogens (tertiary/aromatic N) is 2. The molecule has 1 aliphatic rings. The molecule has 0 saturated heterocycles. The highest BCUT2D eigenvalue weighted by Gasteiger charge is 2.40. The highest BCUT2D eigenvalue weighted by Crippen LogP contribution is 2.31. The first kappa shape index (κ1) is 15.5. The molecule has 1 aromatic heterocycles. The summed E-state index contributed by atoms with van der Waals surface area (Å²) in [4.78, 5) is 25.1. The van der Waals surface area contributed by atoms with Gasteiger partial charge < -0.3 is 14.5 Å². The normalized spacial score (nSPS) is 16.0. The van der Waals surface area contributed by atoms with E-state index in [1.54, 1.807) is 6.07 Å². The number of carboxylic acids is 1. The van der Waals surface area contributed by atoms with Crippen molar-refractivity contribution in [3.8, 4) is 0 Å². The molecule has 0 aromatic carbocycles. The second-order valence-electron chi connectivity index (χ2n) is 5.59. The minimum Gasteiger partial charge on any atom is -0.480 e. The highest BCUT2D eigenvalue weighted by molar-refractivity contribution is 5.94. The molecular formula is C15H22N2O4. The lowest BCUT2D eigenvalue weighted by atomic mass is 9.99. The maximum Gasteiger partial charge on any atom is 0.326 e. The number of hydrogen-bond acceptors (Lipinski definition) is 4. The summed E-state index contributed by atoms with van der Waals surface area (Å²) in [5.41, 5.74) is 0.766. The third-order valence-electron chi connectivity index (χ3n) is 4.09. The number of carbonyl (C=O) groups is 2. The van der Waals surface area contributed by atoms with Crippen LogP contribution in [0.5, 0.6) is 0 Å². The molecule has 1 atom stereocenters. The number of hydrogen-bond donors (Lipinski definition) is 1. The van der Waals surface area contributed by atoms with Crippen LogP contribution in [0, 0.1) is 0 Å². The van der Waals surface area contributed by atoms with Gasteiger partial charge in [-0.15, -0.1) is 0 Å². The Morgan fingerprint density at radius 2 is 2.05 bits per heavy atom. The van der Waals surface area contributed by atoms with Crippen LogP contribution in [0.2, 0.25) is 0 Å². The van der Waals surface area contributed by atoms with Gasteiger partial charge in [-0.2, -0.15) is 0 Å². The lowest BCUT2D eigenvalue weighted by Crippen LogP contribution is -2.44. The quantitative estimate of drug-likeness (QED) is 0.835. The van der Waals surface area contributed by atoms with Crippen LogP contribution in [-0.2, 0) is 4.79 Å². The maximum atomic E-state index is 12.5. The predicted molar refractivity (Wildman–Crippen MR) is 76.1 cm³/mol. The van der Waals surface area contributed by atoms with Gasteiger partial charge in [-0.25, -0.2) is 4.79 Å². The van der Waals surface area contributed by atoms with E-state index in [1.807, 2.05) is 0 Å². The molecule has 6 nitrogen and oxygen atoms in total. The van der Waals surface area contributed by atoms with Crippen LogP contribution in [0.25, 0.3) is 0 Å². The SMILES string of the molecule is CCC(CC)c1cc(C(=O)N(C2CC2)C(C)C(=O)O)on1. The summed E-state index contributed by atoms with van der Waals surface area (Å²) in [6.07, 6.45) is 3.54. The van der Waals surface area contributed by atoms with Gasteiger partial charge in [0.25, 0.3) is 5.91 Å². The lowest BCUT2D eigenvalue weighted by Gasteiger charge is -2.25. The molecule has 1 amide bonds. The van der Waals surface area contributed by atoms with E-state index in [1.165, 1.54) is 11.8 Å². The van der Waals surface area contributed by atoms with Crippen molar-refractivity contribution in [3.05, 3.63) is 17.5 Å². The molecule has 0 bridgehead atoms. The standard InChI is InChI=1S/C15H22N2O4/c1-4-10(5-2)12-8-13(21-16-12)14(18)17(11-6-7-11)9(3)15(19)20/h8-11H,4-7H2,1-3H3,(H,19,20). The van der Waals surface area contributed by atoms with E-state index >= 15 is 0 Å². The average Bonchev–Trinajstić information content (AvgIpc) is 3.16. The molecular weight excluding hydrogens is 272 g/mol. The van der Waals surface area contributed by atoms with Crippen molar-refractivity contribution in [2.24, 2.45) is 0 Å². The molecule has 0 aliphatic heterocycles. The van der Waals surface area contributed by atoms with E-state index in [0.717, 1.165) is 31.4 Å². The van der Waals surface area contributed by atoms with E-state index in [0.29, 0.717) is 0 Å². The molecule has 1 N–H and O–H groups in total. The van der Waals surface area contributed by atoms with E-state index < -0.39 is 12.0 Å². The molecule has 1 aliphatic carbocycles. The molecule has 1 aromatic rings. The number of aromatic nitrogens is 1. The summed E-state index contributed by atoms with van der Waals surface area (Å²) in [5.74, 6) is -0.981. The Kier molecular flexibility index (Phi) is 4.65. The van der Waals surface area contributed by atoms with Gasteiger partial charge in [0.15, 0.2) is 0 Å². The Hall–Kier alpha value is -1.85. The Balaban J connectivity index is 2.19. The average molecular weight is 294 g/mol. The van der Waals surface area contributed by atoms with E-state index in [2.05, 4.69) is 19.0 Å². The predicted octanol–water partition coefficient (Wildman–Crippen LogP) is 2.66. The number of amides is 1. The van der Waals surface area contributed by atoms with Crippen LogP contribution in [-0.4, -0.2) is 39.1 Å². The number of carbonyl (C=O) groups excluding carboxylic acids is 1. The minimum absolute atomic E-state index is 0.00490. The topological polar surface area (TPSA) is 83.6 Å². The van der Waals surface area contributed by atoms with Crippen molar-refractivity contribution in [1.82, 2.24) is 10.1 Å². The summed E-state index contributed by atoms with van der Waals surface area (Å²) in [6, 6.07) is 0.807. The molecule has 1 unspecified atom stereocenters. The van der Waals surface area contributed by atoms with E-state index in [4.69, 9.17) is 9.63 Å². The number of aliphatic carboxylic acids is 1. The van der Waals surface area contributed by atoms with Crippen LogP contribution < -0.4 is 0 Å². The van der Waals surface area contributed by atoms with Gasteiger partial charge in [0.05, 0.1) is 5.69 Å². The zero-order chi connectivity index (χ0) is 15.6. The third-order valence-corrected chi connectivity index (χ3v) is 4.09. The van der Waals surface area contributed by atoms with Gasteiger partial charge in [-0.1, -0.05) is 19.0 Å². The minimum atomic E-state index is -1.00. The summed E-state index contributed by atoms with van der Waals surface area (Å²) < 4.78 is 5.17. The summed E-state index contributed by atoms with van der Waals surface area (Å²) in [5, 5.41) is 13.1. The van der Waals surface area contributed by atoms with Gasteiger partial charge in [0.2, 0.25) is 5.76 Å². The second-order valence-corrected chi connectivity index (χ2v) is 5.59. The Labute approximate surface area is 124 Å². The molecule has 21 heavy (non-hydrogen) atoms. The first-order valence-corrected chi connectivity index (χ1v) is 7.51. The Morgan fingerprint density at radius 3 is 2.52 bits per heavy atom. The van der Waals surface area contributed by atoms with Crippen molar-refractivity contribution >= 4 is 11.9 Å². The maximum absolute atomic E-state index is 12.5. The van der Waals surface area contributed by atoms with Crippen molar-refractivity contribution in [2.75, 3.05) is 0 Å². The van der Waals surface area contributed by atoms with Gasteiger partial charge >= 0.3 is 5.97 Å². The van der Waals surface area contributed by atoms with Crippen molar-refractivity contribution in [1.29, 1.82) is 0 Å². The summed E-state index contributed by atoms with van der Waals surface area (Å²) in [6.45, 7) is 5.65. The molecule has 1 fully saturated rings. The molecule has 2 rings (SSSR count). The van der Waals surface area contributed by atoms with Crippen LogP contribution in [0.4, 0.5) is 0 Å². The van der Waals surface area contributed by atoms with Gasteiger partial charge in [0.1, 0.15) is 6.04 Å². The van der Waals surface area contributed by atoms with Crippen LogP contribution >= 0.6 is 0 Å². The molecule has 0 spiro atoms. The fraction of sp³-hybridized carbons (Fsp3) is 0.667. The third kappa shape index (κ3) is 3.25. The first-order chi connectivity index (χ1) is 9.99. The fourth-order valence-electron chi connectivity index (χ4n) is 2.55. The smallest absolute Gasteiger partial charge is 0.326 e. The molecule has 1 heterocycles.